The minimum absolute atomic E-state index is 0.930. The Labute approximate surface area is 410 Å². The predicted octanol–water partition coefficient (Wildman–Crippen LogP) is 18.4. The average Bonchev–Trinajstić information content (AvgIpc) is 3.39. The van der Waals surface area contributed by atoms with E-state index >= 15 is 0 Å². The van der Waals surface area contributed by atoms with Crippen LogP contribution in [0.4, 0.5) is 11.4 Å². The third-order valence-electron chi connectivity index (χ3n) is 13.6. The number of benzene rings is 5. The summed E-state index contributed by atoms with van der Waals surface area (Å²) in [5.41, 5.74) is 13.9. The summed E-state index contributed by atoms with van der Waals surface area (Å²) in [7, 11) is 0. The Hall–Kier alpha value is -6.00. The van der Waals surface area contributed by atoms with Gasteiger partial charge in [0.25, 0.3) is 0 Å². The van der Waals surface area contributed by atoms with Gasteiger partial charge < -0.3 is 9.80 Å². The van der Waals surface area contributed by atoms with Gasteiger partial charge in [-0.15, -0.1) is 0 Å². The van der Waals surface area contributed by atoms with Crippen LogP contribution in [0.15, 0.2) is 134 Å². The van der Waals surface area contributed by atoms with Crippen LogP contribution >= 0.6 is 0 Å². The Bertz CT molecular complexity index is 2400. The standard InChI is InChI=1S/C64H78N4/c1-5-9-13-17-43-67(44-18-14-10-6-2)61-39-29-53(30-40-61)23-21-51-25-33-55(34-26-51)59-47-57-37-38-58-48-60(50-66-64(58)63(57)65-49-59)56-35-27-52(28-36-56)22-24-54-31-41-62(42-32-54)68(45-19-15-11-7-3)46-20-16-12-8-4/h21-42,47-50H,5-20,43-46H2,1-4H3/b23-21+,24-22+. The van der Waals surface area contributed by atoms with Crippen LogP contribution in [0.1, 0.15) is 153 Å². The monoisotopic (exact) mass is 903 g/mol. The Morgan fingerprint density at radius 3 is 0.912 bits per heavy atom. The molecule has 0 fully saturated rings. The molecule has 2 aromatic heterocycles. The molecule has 0 saturated heterocycles. The molecule has 2 heterocycles. The molecule has 0 unspecified atom stereocenters. The van der Waals surface area contributed by atoms with Crippen molar-refractivity contribution in [3.63, 3.8) is 0 Å². The average molecular weight is 903 g/mol. The molecule has 0 atom stereocenters. The molecule has 0 aliphatic carbocycles. The molecule has 7 rings (SSSR count). The van der Waals surface area contributed by atoms with Crippen molar-refractivity contribution >= 4 is 57.5 Å². The second-order valence-corrected chi connectivity index (χ2v) is 19.0. The normalized spacial score (nSPS) is 11.7. The number of nitrogens with zero attached hydrogens (tertiary/aromatic N) is 4. The Morgan fingerprint density at radius 2 is 0.618 bits per heavy atom. The highest BCUT2D eigenvalue weighted by Gasteiger charge is 2.11. The molecule has 0 N–H and O–H groups in total. The van der Waals surface area contributed by atoms with Gasteiger partial charge in [0.1, 0.15) is 0 Å². The van der Waals surface area contributed by atoms with Crippen molar-refractivity contribution in [1.29, 1.82) is 0 Å². The van der Waals surface area contributed by atoms with Crippen LogP contribution in [0.3, 0.4) is 0 Å². The fraction of sp³-hybridized carbons (Fsp3) is 0.375. The van der Waals surface area contributed by atoms with Crippen LogP contribution in [0.2, 0.25) is 0 Å². The molecular formula is C64H78N4. The lowest BCUT2D eigenvalue weighted by molar-refractivity contribution is 0.609. The maximum Gasteiger partial charge on any atom is 0.0965 e. The zero-order valence-electron chi connectivity index (χ0n) is 41.9. The number of hydrogen-bond acceptors (Lipinski definition) is 4. The van der Waals surface area contributed by atoms with E-state index in [-0.39, 0.29) is 0 Å². The highest BCUT2D eigenvalue weighted by Crippen LogP contribution is 2.31. The first kappa shape index (κ1) is 49.9. The number of hydrogen-bond donors (Lipinski definition) is 0. The summed E-state index contributed by atoms with van der Waals surface area (Å²) < 4.78 is 0. The van der Waals surface area contributed by atoms with E-state index in [1.807, 2.05) is 12.4 Å². The van der Waals surface area contributed by atoms with Crippen LogP contribution in [0.25, 0.3) is 68.4 Å². The van der Waals surface area contributed by atoms with E-state index in [0.717, 1.165) is 70.2 Å². The topological polar surface area (TPSA) is 32.3 Å². The van der Waals surface area contributed by atoms with Crippen molar-refractivity contribution in [2.24, 2.45) is 0 Å². The molecule has 5 aromatic carbocycles. The molecule has 7 aromatic rings. The summed E-state index contributed by atoms with van der Waals surface area (Å²) >= 11 is 0. The van der Waals surface area contributed by atoms with E-state index in [0.29, 0.717) is 0 Å². The molecule has 68 heavy (non-hydrogen) atoms. The van der Waals surface area contributed by atoms with Crippen molar-refractivity contribution in [1.82, 2.24) is 9.97 Å². The lowest BCUT2D eigenvalue weighted by Gasteiger charge is -2.25. The van der Waals surface area contributed by atoms with Crippen molar-refractivity contribution in [3.05, 3.63) is 156 Å². The van der Waals surface area contributed by atoms with Gasteiger partial charge in [0.2, 0.25) is 0 Å². The van der Waals surface area contributed by atoms with Crippen molar-refractivity contribution < 1.29 is 0 Å². The highest BCUT2D eigenvalue weighted by atomic mass is 15.1. The van der Waals surface area contributed by atoms with E-state index in [2.05, 4.69) is 183 Å². The Kier molecular flexibility index (Phi) is 19.9. The minimum Gasteiger partial charge on any atom is -0.372 e. The maximum atomic E-state index is 4.97. The molecule has 0 radical (unpaired) electrons. The van der Waals surface area contributed by atoms with E-state index < -0.39 is 0 Å². The number of fused-ring (bicyclic) bond motifs is 3. The molecule has 0 bridgehead atoms. The number of unbranched alkanes of at least 4 members (excludes halogenated alkanes) is 12. The minimum atomic E-state index is 0.930. The first-order chi connectivity index (χ1) is 33.5. The van der Waals surface area contributed by atoms with Crippen LogP contribution in [-0.4, -0.2) is 36.1 Å². The van der Waals surface area contributed by atoms with E-state index in [1.165, 1.54) is 136 Å². The molecule has 0 aliphatic heterocycles. The summed E-state index contributed by atoms with van der Waals surface area (Å²) in [4.78, 5) is 15.1. The summed E-state index contributed by atoms with van der Waals surface area (Å²) in [6.45, 7) is 13.8. The Morgan fingerprint density at radius 1 is 0.324 bits per heavy atom. The van der Waals surface area contributed by atoms with Crippen LogP contribution in [0.5, 0.6) is 0 Å². The lowest BCUT2D eigenvalue weighted by atomic mass is 10.0. The number of rotatable bonds is 28. The van der Waals surface area contributed by atoms with Crippen molar-refractivity contribution in [2.75, 3.05) is 36.0 Å². The first-order valence-corrected chi connectivity index (χ1v) is 26.5. The second kappa shape index (κ2) is 27.1. The third kappa shape index (κ3) is 14.7. The quantitative estimate of drug-likeness (QED) is 0.0279. The van der Waals surface area contributed by atoms with Gasteiger partial charge in [0.05, 0.1) is 11.0 Å². The molecule has 0 spiro atoms. The fourth-order valence-electron chi connectivity index (χ4n) is 9.32. The fourth-order valence-corrected chi connectivity index (χ4v) is 9.32. The van der Waals surface area contributed by atoms with E-state index in [1.54, 1.807) is 0 Å². The summed E-state index contributed by atoms with van der Waals surface area (Å²) in [6.07, 6.45) is 33.6. The molecule has 0 amide bonds. The van der Waals surface area contributed by atoms with Gasteiger partial charge >= 0.3 is 0 Å². The van der Waals surface area contributed by atoms with Gasteiger partial charge in [-0.1, -0.05) is 214 Å². The van der Waals surface area contributed by atoms with Crippen molar-refractivity contribution in [2.45, 2.75) is 130 Å². The third-order valence-corrected chi connectivity index (χ3v) is 13.6. The van der Waals surface area contributed by atoms with Gasteiger partial charge in [0.15, 0.2) is 0 Å². The van der Waals surface area contributed by atoms with E-state index in [4.69, 9.17) is 9.97 Å². The van der Waals surface area contributed by atoms with Crippen LogP contribution in [-0.2, 0) is 0 Å². The molecule has 0 aliphatic rings. The molecular weight excluding hydrogens is 825 g/mol. The number of aromatic nitrogens is 2. The highest BCUT2D eigenvalue weighted by molar-refractivity contribution is 6.04. The summed E-state index contributed by atoms with van der Waals surface area (Å²) in [6, 6.07) is 44.7. The smallest absolute Gasteiger partial charge is 0.0965 e. The van der Waals surface area contributed by atoms with Crippen LogP contribution in [0, 0.1) is 0 Å². The maximum absolute atomic E-state index is 4.97. The van der Waals surface area contributed by atoms with Crippen LogP contribution < -0.4 is 9.80 Å². The molecule has 354 valence electrons. The summed E-state index contributed by atoms with van der Waals surface area (Å²) in [5, 5.41) is 2.19. The number of anilines is 2. The molecule has 0 saturated carbocycles. The summed E-state index contributed by atoms with van der Waals surface area (Å²) in [5.74, 6) is 0. The van der Waals surface area contributed by atoms with Gasteiger partial charge in [-0.3, -0.25) is 9.97 Å². The predicted molar refractivity (Wildman–Crippen MR) is 300 cm³/mol. The van der Waals surface area contributed by atoms with Gasteiger partial charge in [-0.2, -0.15) is 0 Å². The van der Waals surface area contributed by atoms with Crippen molar-refractivity contribution in [3.8, 4) is 22.3 Å². The van der Waals surface area contributed by atoms with Gasteiger partial charge in [-0.25, -0.2) is 0 Å². The Balaban J connectivity index is 0.949. The van der Waals surface area contributed by atoms with E-state index in [9.17, 15) is 0 Å². The second-order valence-electron chi connectivity index (χ2n) is 19.0. The number of pyridine rings is 2. The zero-order chi connectivity index (χ0) is 47.2. The molecule has 4 heteroatoms. The molecule has 4 nitrogen and oxygen atoms in total. The van der Waals surface area contributed by atoms with Gasteiger partial charge in [0, 0.05) is 71.8 Å². The van der Waals surface area contributed by atoms with Gasteiger partial charge in [-0.05, 0) is 95.5 Å². The first-order valence-electron chi connectivity index (χ1n) is 26.5. The SMILES string of the molecule is CCCCCCN(CCCCCC)c1ccc(/C=C/c2ccc(-c3cnc4c(ccc5cc(-c6ccc(/C=C/c7ccc(N(CCCCCC)CCCCCC)cc7)cc6)cnc54)c3)cc2)cc1. The zero-order valence-corrected chi connectivity index (χ0v) is 41.9. The largest absolute Gasteiger partial charge is 0.372 e. The lowest BCUT2D eigenvalue weighted by Crippen LogP contribution is -2.25.